The summed E-state index contributed by atoms with van der Waals surface area (Å²) in [6.07, 6.45) is 6.03. The number of amides is 1. The lowest BCUT2D eigenvalue weighted by molar-refractivity contribution is 0.0633. The zero-order valence-corrected chi connectivity index (χ0v) is 12.4. The Bertz CT molecular complexity index is 438. The van der Waals surface area contributed by atoms with Crippen molar-refractivity contribution in [1.82, 2.24) is 14.9 Å². The molecule has 20 heavy (non-hydrogen) atoms. The number of piperidine rings is 1. The van der Waals surface area contributed by atoms with Gasteiger partial charge in [0, 0.05) is 25.4 Å². The maximum Gasteiger partial charge on any atom is 0.434 e. The van der Waals surface area contributed by atoms with Crippen molar-refractivity contribution >= 4 is 11.9 Å². The van der Waals surface area contributed by atoms with Gasteiger partial charge in [-0.1, -0.05) is 0 Å². The third-order valence-electron chi connectivity index (χ3n) is 3.17. The van der Waals surface area contributed by atoms with Crippen molar-refractivity contribution in [2.45, 2.75) is 45.6 Å². The molecule has 1 fully saturated rings. The van der Waals surface area contributed by atoms with Crippen molar-refractivity contribution in [2.75, 3.05) is 18.2 Å². The highest BCUT2D eigenvalue weighted by Crippen LogP contribution is 2.22. The van der Waals surface area contributed by atoms with E-state index in [1.54, 1.807) is 22.2 Å². The number of aromatic nitrogens is 2. The molecule has 6 heteroatoms. The smallest absolute Gasteiger partial charge is 0.319 e. The Labute approximate surface area is 119 Å². The highest BCUT2D eigenvalue weighted by molar-refractivity contribution is 5.69. The first-order valence-electron chi connectivity index (χ1n) is 7.01. The summed E-state index contributed by atoms with van der Waals surface area (Å²) in [4.78, 5) is 27.6. The lowest BCUT2D eigenvalue weighted by Crippen LogP contribution is -2.47. The number of likely N-dealkylation sites (tertiary alicyclic amines) is 1. The molecular formula is C14H22N4O2. The second-order valence-corrected chi connectivity index (χ2v) is 5.94. The molecule has 110 valence electrons. The van der Waals surface area contributed by atoms with Gasteiger partial charge in [0.25, 0.3) is 0 Å². The fraction of sp³-hybridized carbons (Fsp3) is 0.643. The molecule has 0 radical (unpaired) electrons. The first kappa shape index (κ1) is 14.6. The zero-order chi connectivity index (χ0) is 14.6. The Morgan fingerprint density at radius 3 is 2.55 bits per heavy atom. The standard InChI is InChI=1S/C14H22N4O2/c1-14(2,3)18(12-7-8-15-11-16-12)20-13(19)17-9-5-4-6-10-17/h7-8,11H,4-6,9-10H2,1-3H3. The number of nitrogens with zero attached hydrogens (tertiary/aromatic N) is 4. The monoisotopic (exact) mass is 278 g/mol. The predicted octanol–water partition coefficient (Wildman–Crippen LogP) is 2.62. The van der Waals surface area contributed by atoms with Crippen molar-refractivity contribution in [3.8, 4) is 0 Å². The number of carbonyl (C=O) groups is 1. The van der Waals surface area contributed by atoms with Gasteiger partial charge in [0.2, 0.25) is 0 Å². The van der Waals surface area contributed by atoms with Crippen LogP contribution in [0.15, 0.2) is 18.6 Å². The van der Waals surface area contributed by atoms with E-state index in [1.165, 1.54) is 12.7 Å². The number of rotatable bonds is 2. The minimum absolute atomic E-state index is 0.307. The number of hydroxylamine groups is 1. The molecule has 0 atom stereocenters. The van der Waals surface area contributed by atoms with Crippen LogP contribution in [0, 0.1) is 0 Å². The molecule has 1 aliphatic rings. The first-order valence-corrected chi connectivity index (χ1v) is 7.01. The van der Waals surface area contributed by atoms with Crippen LogP contribution in [-0.2, 0) is 4.84 Å². The van der Waals surface area contributed by atoms with E-state index in [1.807, 2.05) is 20.8 Å². The van der Waals surface area contributed by atoms with Crippen LogP contribution in [0.1, 0.15) is 40.0 Å². The molecule has 1 aliphatic heterocycles. The molecule has 2 rings (SSSR count). The summed E-state index contributed by atoms with van der Waals surface area (Å²) >= 11 is 0. The molecule has 0 bridgehead atoms. The number of carbonyl (C=O) groups excluding carboxylic acids is 1. The average molecular weight is 278 g/mol. The summed E-state index contributed by atoms with van der Waals surface area (Å²) in [6, 6.07) is 1.73. The van der Waals surface area contributed by atoms with Crippen molar-refractivity contribution < 1.29 is 9.63 Å². The Balaban J connectivity index is 2.10. The van der Waals surface area contributed by atoms with Crippen molar-refractivity contribution in [2.24, 2.45) is 0 Å². The zero-order valence-electron chi connectivity index (χ0n) is 12.4. The lowest BCUT2D eigenvalue weighted by atomic mass is 10.1. The molecule has 0 saturated carbocycles. The molecule has 1 amide bonds. The minimum atomic E-state index is -0.375. The Morgan fingerprint density at radius 2 is 2.00 bits per heavy atom. The summed E-state index contributed by atoms with van der Waals surface area (Å²) in [5.74, 6) is 0.581. The van der Waals surface area contributed by atoms with Crippen LogP contribution in [0.5, 0.6) is 0 Å². The molecule has 0 unspecified atom stereocenters. The molecule has 0 aromatic carbocycles. The van der Waals surface area contributed by atoms with E-state index in [2.05, 4.69) is 9.97 Å². The molecule has 1 saturated heterocycles. The van der Waals surface area contributed by atoms with Crippen LogP contribution < -0.4 is 5.06 Å². The van der Waals surface area contributed by atoms with Gasteiger partial charge < -0.3 is 9.74 Å². The van der Waals surface area contributed by atoms with E-state index in [-0.39, 0.29) is 11.6 Å². The van der Waals surface area contributed by atoms with Crippen molar-refractivity contribution in [3.05, 3.63) is 18.6 Å². The fourth-order valence-electron chi connectivity index (χ4n) is 2.14. The summed E-state index contributed by atoms with van der Waals surface area (Å²) in [5.41, 5.74) is -0.375. The molecule has 1 aromatic rings. The van der Waals surface area contributed by atoms with Crippen LogP contribution in [-0.4, -0.2) is 39.6 Å². The van der Waals surface area contributed by atoms with Crippen molar-refractivity contribution in [3.63, 3.8) is 0 Å². The molecular weight excluding hydrogens is 256 g/mol. The van der Waals surface area contributed by atoms with Gasteiger partial charge in [-0.3, -0.25) is 0 Å². The second-order valence-electron chi connectivity index (χ2n) is 5.94. The summed E-state index contributed by atoms with van der Waals surface area (Å²) < 4.78 is 0. The molecule has 0 aliphatic carbocycles. The Hall–Kier alpha value is -1.85. The van der Waals surface area contributed by atoms with Crippen LogP contribution in [0.2, 0.25) is 0 Å². The number of hydrogen-bond donors (Lipinski definition) is 0. The van der Waals surface area contributed by atoms with E-state index in [0.717, 1.165) is 25.9 Å². The Morgan fingerprint density at radius 1 is 1.30 bits per heavy atom. The van der Waals surface area contributed by atoms with E-state index >= 15 is 0 Å². The average Bonchev–Trinajstić information content (AvgIpc) is 2.45. The topological polar surface area (TPSA) is 58.6 Å². The summed E-state index contributed by atoms with van der Waals surface area (Å²) in [6.45, 7) is 7.44. The van der Waals surface area contributed by atoms with E-state index < -0.39 is 0 Å². The largest absolute Gasteiger partial charge is 0.434 e. The first-order chi connectivity index (χ1) is 9.48. The summed E-state index contributed by atoms with van der Waals surface area (Å²) in [7, 11) is 0. The molecule has 0 N–H and O–H groups in total. The predicted molar refractivity (Wildman–Crippen MR) is 76.2 cm³/mol. The normalized spacial score (nSPS) is 15.8. The van der Waals surface area contributed by atoms with E-state index in [0.29, 0.717) is 5.82 Å². The summed E-state index contributed by atoms with van der Waals surface area (Å²) in [5, 5.41) is 1.55. The van der Waals surface area contributed by atoms with Crippen LogP contribution in [0.25, 0.3) is 0 Å². The van der Waals surface area contributed by atoms with E-state index in [4.69, 9.17) is 4.84 Å². The minimum Gasteiger partial charge on any atom is -0.319 e. The second kappa shape index (κ2) is 6.07. The van der Waals surface area contributed by atoms with Gasteiger partial charge in [-0.2, -0.15) is 5.06 Å². The third-order valence-corrected chi connectivity index (χ3v) is 3.17. The van der Waals surface area contributed by atoms with Crippen LogP contribution in [0.4, 0.5) is 10.6 Å². The quantitative estimate of drug-likeness (QED) is 0.778. The number of anilines is 1. The SMILES string of the molecule is CC(C)(C)N(OC(=O)N1CCCCC1)c1ccncn1. The van der Waals surface area contributed by atoms with E-state index in [9.17, 15) is 4.79 Å². The van der Waals surface area contributed by atoms with Gasteiger partial charge in [-0.15, -0.1) is 0 Å². The van der Waals surface area contributed by atoms with Gasteiger partial charge in [-0.05, 0) is 40.0 Å². The maximum atomic E-state index is 12.2. The third kappa shape index (κ3) is 3.59. The Kier molecular flexibility index (Phi) is 4.42. The van der Waals surface area contributed by atoms with Crippen LogP contribution in [0.3, 0.4) is 0 Å². The van der Waals surface area contributed by atoms with Gasteiger partial charge in [0.1, 0.15) is 6.33 Å². The molecule has 6 nitrogen and oxygen atoms in total. The molecule has 0 spiro atoms. The molecule has 2 heterocycles. The van der Waals surface area contributed by atoms with Crippen molar-refractivity contribution in [1.29, 1.82) is 0 Å². The fourth-order valence-corrected chi connectivity index (χ4v) is 2.14. The van der Waals surface area contributed by atoms with Gasteiger partial charge in [0.05, 0.1) is 5.54 Å². The van der Waals surface area contributed by atoms with Gasteiger partial charge >= 0.3 is 6.09 Å². The van der Waals surface area contributed by atoms with Gasteiger partial charge in [0.15, 0.2) is 5.82 Å². The highest BCUT2D eigenvalue weighted by Gasteiger charge is 2.29. The van der Waals surface area contributed by atoms with Gasteiger partial charge in [-0.25, -0.2) is 14.8 Å². The lowest BCUT2D eigenvalue weighted by Gasteiger charge is -2.36. The van der Waals surface area contributed by atoms with Crippen LogP contribution >= 0.6 is 0 Å². The number of hydrogen-bond acceptors (Lipinski definition) is 5. The highest BCUT2D eigenvalue weighted by atomic mass is 16.7. The maximum absolute atomic E-state index is 12.2. The molecule has 1 aromatic heterocycles.